The Kier molecular flexibility index (Phi) is 6.71. The third-order valence-electron chi connectivity index (χ3n) is 6.31. The Morgan fingerprint density at radius 2 is 2.00 bits per heavy atom. The predicted octanol–water partition coefficient (Wildman–Crippen LogP) is 6.04. The lowest BCUT2D eigenvalue weighted by atomic mass is 9.74. The molecule has 0 aliphatic heterocycles. The van der Waals surface area contributed by atoms with Gasteiger partial charge in [-0.1, -0.05) is 19.8 Å². The molecular formula is C22H31F3N2O. The van der Waals surface area contributed by atoms with Crippen molar-refractivity contribution >= 4 is 10.9 Å². The molecule has 0 spiro atoms. The zero-order valence-electron chi connectivity index (χ0n) is 16.8. The molecule has 156 valence electrons. The summed E-state index contributed by atoms with van der Waals surface area (Å²) in [5, 5.41) is 4.14. The lowest BCUT2D eigenvalue weighted by Crippen LogP contribution is -2.46. The molecule has 1 heterocycles. The zero-order valence-corrected chi connectivity index (χ0v) is 16.8. The number of alkyl halides is 3. The molecule has 2 N–H and O–H groups in total. The van der Waals surface area contributed by atoms with Crippen molar-refractivity contribution in [2.24, 2.45) is 5.92 Å². The van der Waals surface area contributed by atoms with Crippen LogP contribution in [0, 0.1) is 5.92 Å². The molecule has 1 saturated carbocycles. The van der Waals surface area contributed by atoms with Gasteiger partial charge in [-0.3, -0.25) is 0 Å². The molecule has 0 radical (unpaired) electrons. The topological polar surface area (TPSA) is 37.0 Å². The first kappa shape index (κ1) is 21.2. The normalized spacial score (nSPS) is 23.4. The highest BCUT2D eigenvalue weighted by atomic mass is 19.4. The summed E-state index contributed by atoms with van der Waals surface area (Å²) < 4.78 is 44.8. The summed E-state index contributed by atoms with van der Waals surface area (Å²) >= 11 is 0. The Bertz CT molecular complexity index is 761. The van der Waals surface area contributed by atoms with Gasteiger partial charge in [0.2, 0.25) is 0 Å². The van der Waals surface area contributed by atoms with Crippen molar-refractivity contribution in [2.45, 2.75) is 70.2 Å². The number of aromatic amines is 1. The fourth-order valence-electron chi connectivity index (χ4n) is 4.35. The molecular weight excluding hydrogens is 365 g/mol. The van der Waals surface area contributed by atoms with E-state index in [1.807, 2.05) is 0 Å². The minimum absolute atomic E-state index is 0.275. The van der Waals surface area contributed by atoms with Crippen LogP contribution in [0.2, 0.25) is 0 Å². The Morgan fingerprint density at radius 3 is 2.64 bits per heavy atom. The highest BCUT2D eigenvalue weighted by Crippen LogP contribution is 2.36. The van der Waals surface area contributed by atoms with Gasteiger partial charge in [0.05, 0.1) is 12.2 Å². The van der Waals surface area contributed by atoms with Gasteiger partial charge in [-0.05, 0) is 63.3 Å². The van der Waals surface area contributed by atoms with Crippen LogP contribution in [-0.2, 0) is 17.5 Å². The fourth-order valence-corrected chi connectivity index (χ4v) is 4.35. The lowest BCUT2D eigenvalue weighted by Gasteiger charge is -2.40. The number of aromatic nitrogens is 1. The summed E-state index contributed by atoms with van der Waals surface area (Å²) in [5.41, 5.74) is 1.14. The molecule has 1 aromatic heterocycles. The van der Waals surface area contributed by atoms with E-state index in [9.17, 15) is 13.2 Å². The van der Waals surface area contributed by atoms with Gasteiger partial charge >= 0.3 is 6.18 Å². The van der Waals surface area contributed by atoms with Gasteiger partial charge in [-0.25, -0.2) is 0 Å². The second-order valence-corrected chi connectivity index (χ2v) is 8.16. The third kappa shape index (κ3) is 4.90. The maximum Gasteiger partial charge on any atom is 0.416 e. The van der Waals surface area contributed by atoms with E-state index in [0.717, 1.165) is 24.5 Å². The van der Waals surface area contributed by atoms with Crippen LogP contribution < -0.4 is 5.32 Å². The lowest BCUT2D eigenvalue weighted by molar-refractivity contribution is -0.137. The molecule has 1 aliphatic carbocycles. The number of nitrogens with one attached hydrogen (secondary N) is 2. The molecule has 2 aromatic rings. The summed E-state index contributed by atoms with van der Waals surface area (Å²) in [7, 11) is 2.07. The minimum atomic E-state index is -4.33. The standard InChI is InChI=1S/C22H31F3N2O/c1-3-4-9-21(26-2)10-7-16(8-11-21)14-28-15-17-13-27-20-6-5-18(12-19(17)20)22(23,24)25/h5-6,12-13,16,26-27H,3-4,7-11,14-15H2,1-2H3. The van der Waals surface area contributed by atoms with Gasteiger partial charge < -0.3 is 15.0 Å². The number of halogens is 3. The Balaban J connectivity index is 1.53. The molecule has 1 aromatic carbocycles. The monoisotopic (exact) mass is 396 g/mol. The van der Waals surface area contributed by atoms with Crippen LogP contribution >= 0.6 is 0 Å². The first-order valence-corrected chi connectivity index (χ1v) is 10.3. The molecule has 6 heteroatoms. The van der Waals surface area contributed by atoms with Crippen LogP contribution in [0.25, 0.3) is 10.9 Å². The molecule has 0 amide bonds. The van der Waals surface area contributed by atoms with Gasteiger partial charge in [-0.2, -0.15) is 13.2 Å². The predicted molar refractivity (Wildman–Crippen MR) is 106 cm³/mol. The van der Waals surface area contributed by atoms with E-state index in [2.05, 4.69) is 24.3 Å². The number of fused-ring (bicyclic) bond motifs is 1. The van der Waals surface area contributed by atoms with Gasteiger partial charge in [0.25, 0.3) is 0 Å². The second-order valence-electron chi connectivity index (χ2n) is 8.16. The summed E-state index contributed by atoms with van der Waals surface area (Å²) in [6, 6.07) is 3.80. The molecule has 3 nitrogen and oxygen atoms in total. The highest BCUT2D eigenvalue weighted by Gasteiger charge is 2.33. The molecule has 0 saturated heterocycles. The largest absolute Gasteiger partial charge is 0.416 e. The van der Waals surface area contributed by atoms with Gasteiger partial charge in [0.15, 0.2) is 0 Å². The van der Waals surface area contributed by atoms with Crippen molar-refractivity contribution in [3.05, 3.63) is 35.5 Å². The van der Waals surface area contributed by atoms with Crippen molar-refractivity contribution < 1.29 is 17.9 Å². The number of hydrogen-bond donors (Lipinski definition) is 2. The van der Waals surface area contributed by atoms with E-state index in [1.54, 1.807) is 6.20 Å². The highest BCUT2D eigenvalue weighted by molar-refractivity contribution is 5.83. The van der Waals surface area contributed by atoms with E-state index in [0.29, 0.717) is 30.0 Å². The summed E-state index contributed by atoms with van der Waals surface area (Å²) in [5.74, 6) is 0.527. The fraction of sp³-hybridized carbons (Fsp3) is 0.636. The van der Waals surface area contributed by atoms with Crippen LogP contribution in [0.3, 0.4) is 0 Å². The van der Waals surface area contributed by atoms with E-state index < -0.39 is 11.7 Å². The zero-order chi connectivity index (χ0) is 20.2. The molecule has 0 unspecified atom stereocenters. The first-order chi connectivity index (χ1) is 13.4. The van der Waals surface area contributed by atoms with E-state index in [4.69, 9.17) is 4.74 Å². The minimum Gasteiger partial charge on any atom is -0.376 e. The Labute approximate surface area is 165 Å². The number of benzene rings is 1. The van der Waals surface area contributed by atoms with Crippen molar-refractivity contribution in [2.75, 3.05) is 13.7 Å². The second kappa shape index (κ2) is 8.87. The molecule has 28 heavy (non-hydrogen) atoms. The Morgan fingerprint density at radius 1 is 1.25 bits per heavy atom. The van der Waals surface area contributed by atoms with E-state index in [1.165, 1.54) is 44.2 Å². The number of H-pyrrole nitrogens is 1. The average molecular weight is 396 g/mol. The van der Waals surface area contributed by atoms with Crippen LogP contribution in [-0.4, -0.2) is 24.2 Å². The van der Waals surface area contributed by atoms with Gasteiger partial charge in [-0.15, -0.1) is 0 Å². The van der Waals surface area contributed by atoms with Gasteiger partial charge in [0.1, 0.15) is 0 Å². The van der Waals surface area contributed by atoms with Crippen LogP contribution in [0.4, 0.5) is 13.2 Å². The third-order valence-corrected chi connectivity index (χ3v) is 6.31. The maximum atomic E-state index is 13.0. The summed E-state index contributed by atoms with van der Waals surface area (Å²) in [6.07, 6.45) is 5.72. The molecule has 1 aliphatic rings. The molecule has 3 rings (SSSR count). The smallest absolute Gasteiger partial charge is 0.376 e. The number of hydrogen-bond acceptors (Lipinski definition) is 2. The van der Waals surface area contributed by atoms with E-state index in [-0.39, 0.29) is 5.54 Å². The molecule has 1 fully saturated rings. The summed E-state index contributed by atoms with van der Waals surface area (Å²) in [6.45, 7) is 3.23. The average Bonchev–Trinajstić information content (AvgIpc) is 3.09. The maximum absolute atomic E-state index is 13.0. The van der Waals surface area contributed by atoms with Crippen molar-refractivity contribution in [1.82, 2.24) is 10.3 Å². The van der Waals surface area contributed by atoms with Crippen molar-refractivity contribution in [1.29, 1.82) is 0 Å². The summed E-state index contributed by atoms with van der Waals surface area (Å²) in [4.78, 5) is 3.04. The number of unbranched alkanes of at least 4 members (excludes halogenated alkanes) is 1. The quantitative estimate of drug-likeness (QED) is 0.571. The van der Waals surface area contributed by atoms with Crippen LogP contribution in [0.5, 0.6) is 0 Å². The van der Waals surface area contributed by atoms with E-state index >= 15 is 0 Å². The van der Waals surface area contributed by atoms with Crippen molar-refractivity contribution in [3.8, 4) is 0 Å². The first-order valence-electron chi connectivity index (χ1n) is 10.3. The SMILES string of the molecule is CCCCC1(NC)CCC(COCc2c[nH]c3ccc(C(F)(F)F)cc23)CC1. The van der Waals surface area contributed by atoms with Crippen LogP contribution in [0.15, 0.2) is 24.4 Å². The van der Waals surface area contributed by atoms with Crippen LogP contribution in [0.1, 0.15) is 63.0 Å². The molecule has 0 bridgehead atoms. The Hall–Kier alpha value is -1.53. The molecule has 0 atom stereocenters. The number of rotatable bonds is 8. The number of ether oxygens (including phenoxy) is 1. The van der Waals surface area contributed by atoms with Gasteiger partial charge in [0, 0.05) is 34.8 Å². The van der Waals surface area contributed by atoms with Crippen molar-refractivity contribution in [3.63, 3.8) is 0 Å².